The normalized spacial score (nSPS) is 13.6. The van der Waals surface area contributed by atoms with Crippen molar-refractivity contribution in [3.8, 4) is 0 Å². The molecule has 0 saturated heterocycles. The molecule has 140 valence electrons. The number of aliphatic hydroxyl groups excluding tert-OH is 1. The Morgan fingerprint density at radius 3 is 2.40 bits per heavy atom. The summed E-state index contributed by atoms with van der Waals surface area (Å²) in [5.41, 5.74) is 0.172. The predicted molar refractivity (Wildman–Crippen MR) is 94.9 cm³/mol. The van der Waals surface area contributed by atoms with E-state index in [1.807, 2.05) is 37.3 Å². The summed E-state index contributed by atoms with van der Waals surface area (Å²) in [6.07, 6.45) is -0.0228. The molecular weight excluding hydrogens is 322 g/mol. The zero-order chi connectivity index (χ0) is 18.9. The van der Waals surface area contributed by atoms with Crippen LogP contribution in [0.1, 0.15) is 52.5 Å². The van der Waals surface area contributed by atoms with Crippen molar-refractivity contribution in [2.45, 2.75) is 71.3 Å². The van der Waals surface area contributed by atoms with Crippen molar-refractivity contribution in [3.63, 3.8) is 0 Å². The topological polar surface area (TPSA) is 84.9 Å². The van der Waals surface area contributed by atoms with Crippen LogP contribution in [0.4, 0.5) is 4.79 Å². The largest absolute Gasteiger partial charge is 0.459 e. The van der Waals surface area contributed by atoms with Gasteiger partial charge in [-0.15, -0.1) is 0 Å². The number of aliphatic hydroxyl groups is 1. The molecule has 0 bridgehead atoms. The standard InChI is InChI=1S/C19H29NO5/c1-5-6-12-15(20-18(23)25-19(2,3)4)16(21)17(22)24-13-14-10-8-7-9-11-14/h7-11,15-16,21H,5-6,12-13H2,1-4H3,(H,20,23)/t15-,16?/m0/s1. The van der Waals surface area contributed by atoms with E-state index in [1.165, 1.54) is 0 Å². The SMILES string of the molecule is CCCC[C@H](NC(=O)OC(C)(C)C)C(O)C(=O)OCc1ccccc1. The van der Waals surface area contributed by atoms with E-state index in [1.54, 1.807) is 20.8 Å². The van der Waals surface area contributed by atoms with E-state index in [9.17, 15) is 14.7 Å². The maximum absolute atomic E-state index is 12.1. The Balaban J connectivity index is 2.62. The van der Waals surface area contributed by atoms with Crippen molar-refractivity contribution >= 4 is 12.1 Å². The predicted octanol–water partition coefficient (Wildman–Crippen LogP) is 3.17. The van der Waals surface area contributed by atoms with Gasteiger partial charge in [-0.1, -0.05) is 50.1 Å². The van der Waals surface area contributed by atoms with Crippen LogP contribution in [0, 0.1) is 0 Å². The van der Waals surface area contributed by atoms with E-state index in [0.717, 1.165) is 18.4 Å². The highest BCUT2D eigenvalue weighted by molar-refractivity contribution is 5.77. The second-order valence-electron chi connectivity index (χ2n) is 6.93. The van der Waals surface area contributed by atoms with E-state index in [-0.39, 0.29) is 6.61 Å². The molecule has 25 heavy (non-hydrogen) atoms. The Kier molecular flexibility index (Phi) is 8.41. The van der Waals surface area contributed by atoms with E-state index in [0.29, 0.717) is 6.42 Å². The fourth-order valence-electron chi connectivity index (χ4n) is 2.17. The van der Waals surface area contributed by atoms with Crippen LogP contribution in [0.5, 0.6) is 0 Å². The molecule has 1 unspecified atom stereocenters. The number of unbranched alkanes of at least 4 members (excludes halogenated alkanes) is 1. The Morgan fingerprint density at radius 1 is 1.20 bits per heavy atom. The molecule has 0 fully saturated rings. The van der Waals surface area contributed by atoms with Gasteiger partial charge in [-0.05, 0) is 32.8 Å². The number of hydrogen-bond donors (Lipinski definition) is 2. The summed E-state index contributed by atoms with van der Waals surface area (Å²) in [5.74, 6) is -0.763. The fourth-order valence-corrected chi connectivity index (χ4v) is 2.17. The van der Waals surface area contributed by atoms with Crippen LogP contribution in [0.2, 0.25) is 0 Å². The molecule has 1 amide bonds. The molecule has 1 aromatic carbocycles. The number of nitrogens with one attached hydrogen (secondary N) is 1. The molecular formula is C19H29NO5. The second kappa shape index (κ2) is 10.0. The number of esters is 1. The first-order chi connectivity index (χ1) is 11.7. The van der Waals surface area contributed by atoms with Crippen molar-refractivity contribution in [1.82, 2.24) is 5.32 Å². The van der Waals surface area contributed by atoms with E-state index < -0.39 is 29.8 Å². The van der Waals surface area contributed by atoms with Gasteiger partial charge in [0.05, 0.1) is 6.04 Å². The number of carbonyl (C=O) groups excluding carboxylic acids is 2. The molecule has 2 atom stereocenters. The maximum Gasteiger partial charge on any atom is 0.407 e. The molecule has 6 nitrogen and oxygen atoms in total. The van der Waals surface area contributed by atoms with Crippen molar-refractivity contribution in [2.75, 3.05) is 0 Å². The number of alkyl carbamates (subject to hydrolysis) is 1. The Bertz CT molecular complexity index is 538. The van der Waals surface area contributed by atoms with Crippen LogP contribution in [0.15, 0.2) is 30.3 Å². The van der Waals surface area contributed by atoms with Gasteiger partial charge < -0.3 is 19.9 Å². The first-order valence-electron chi connectivity index (χ1n) is 8.61. The number of hydrogen-bond acceptors (Lipinski definition) is 5. The lowest BCUT2D eigenvalue weighted by Crippen LogP contribution is -2.48. The molecule has 0 saturated carbocycles. The number of rotatable bonds is 8. The Hall–Kier alpha value is -2.08. The van der Waals surface area contributed by atoms with Gasteiger partial charge >= 0.3 is 12.1 Å². The lowest BCUT2D eigenvalue weighted by molar-refractivity contribution is -0.156. The molecule has 0 aliphatic heterocycles. The van der Waals surface area contributed by atoms with E-state index >= 15 is 0 Å². The van der Waals surface area contributed by atoms with Gasteiger partial charge in [-0.2, -0.15) is 0 Å². The van der Waals surface area contributed by atoms with Gasteiger partial charge in [-0.25, -0.2) is 9.59 Å². The van der Waals surface area contributed by atoms with Crippen LogP contribution in [0.3, 0.4) is 0 Å². The van der Waals surface area contributed by atoms with E-state index in [4.69, 9.17) is 9.47 Å². The first-order valence-corrected chi connectivity index (χ1v) is 8.61. The summed E-state index contributed by atoms with van der Waals surface area (Å²) in [4.78, 5) is 24.1. The molecule has 0 aromatic heterocycles. The molecule has 0 radical (unpaired) electrons. The zero-order valence-electron chi connectivity index (χ0n) is 15.5. The highest BCUT2D eigenvalue weighted by atomic mass is 16.6. The van der Waals surface area contributed by atoms with Crippen LogP contribution in [0.25, 0.3) is 0 Å². The number of ether oxygens (including phenoxy) is 2. The third kappa shape index (κ3) is 8.54. The minimum Gasteiger partial charge on any atom is -0.459 e. The van der Waals surface area contributed by atoms with Crippen molar-refractivity contribution in [2.24, 2.45) is 0 Å². The lowest BCUT2D eigenvalue weighted by Gasteiger charge is -2.25. The third-order valence-electron chi connectivity index (χ3n) is 3.42. The Labute approximate surface area is 149 Å². The molecule has 0 spiro atoms. The van der Waals surface area contributed by atoms with E-state index in [2.05, 4.69) is 5.32 Å². The minimum absolute atomic E-state index is 0.0731. The van der Waals surface area contributed by atoms with Crippen molar-refractivity contribution in [1.29, 1.82) is 0 Å². The van der Waals surface area contributed by atoms with Crippen molar-refractivity contribution in [3.05, 3.63) is 35.9 Å². The monoisotopic (exact) mass is 351 g/mol. The molecule has 0 aliphatic rings. The number of amides is 1. The molecule has 2 N–H and O–H groups in total. The van der Waals surface area contributed by atoms with Crippen LogP contribution >= 0.6 is 0 Å². The lowest BCUT2D eigenvalue weighted by atomic mass is 10.0. The molecule has 0 heterocycles. The minimum atomic E-state index is -1.44. The van der Waals surface area contributed by atoms with Crippen LogP contribution in [-0.2, 0) is 20.9 Å². The highest BCUT2D eigenvalue weighted by Gasteiger charge is 2.30. The number of carbonyl (C=O) groups is 2. The smallest absolute Gasteiger partial charge is 0.407 e. The van der Waals surface area contributed by atoms with Gasteiger partial charge in [0.15, 0.2) is 6.10 Å². The van der Waals surface area contributed by atoms with Gasteiger partial charge in [0, 0.05) is 0 Å². The molecule has 6 heteroatoms. The quantitative estimate of drug-likeness (QED) is 0.703. The van der Waals surface area contributed by atoms with Gasteiger partial charge in [0.2, 0.25) is 0 Å². The van der Waals surface area contributed by atoms with Gasteiger partial charge in [0.1, 0.15) is 12.2 Å². The summed E-state index contributed by atoms with van der Waals surface area (Å²) in [6, 6.07) is 8.45. The van der Waals surface area contributed by atoms with Gasteiger partial charge in [0.25, 0.3) is 0 Å². The average molecular weight is 351 g/mol. The molecule has 0 aliphatic carbocycles. The maximum atomic E-state index is 12.1. The summed E-state index contributed by atoms with van der Waals surface area (Å²) < 4.78 is 10.3. The van der Waals surface area contributed by atoms with Crippen LogP contribution in [-0.4, -0.2) is 34.9 Å². The zero-order valence-corrected chi connectivity index (χ0v) is 15.5. The second-order valence-corrected chi connectivity index (χ2v) is 6.93. The fraction of sp³-hybridized carbons (Fsp3) is 0.579. The summed E-state index contributed by atoms with van der Waals surface area (Å²) in [5, 5.41) is 12.9. The molecule has 1 rings (SSSR count). The highest BCUT2D eigenvalue weighted by Crippen LogP contribution is 2.12. The van der Waals surface area contributed by atoms with Gasteiger partial charge in [-0.3, -0.25) is 0 Å². The first kappa shape index (κ1) is 21.0. The average Bonchev–Trinajstić information content (AvgIpc) is 2.55. The Morgan fingerprint density at radius 2 is 1.84 bits per heavy atom. The third-order valence-corrected chi connectivity index (χ3v) is 3.42. The summed E-state index contributed by atoms with van der Waals surface area (Å²) in [7, 11) is 0. The summed E-state index contributed by atoms with van der Waals surface area (Å²) >= 11 is 0. The van der Waals surface area contributed by atoms with Crippen molar-refractivity contribution < 1.29 is 24.2 Å². The number of benzene rings is 1. The summed E-state index contributed by atoms with van der Waals surface area (Å²) in [6.45, 7) is 7.31. The van der Waals surface area contributed by atoms with Crippen LogP contribution < -0.4 is 5.32 Å². The molecule has 1 aromatic rings.